The average molecular weight is 925 g/mol. The van der Waals surface area contributed by atoms with Gasteiger partial charge in [-0.25, -0.2) is 15.1 Å². The van der Waals surface area contributed by atoms with E-state index >= 15 is 0 Å². The molecule has 0 fully saturated rings. The van der Waals surface area contributed by atoms with Crippen LogP contribution in [0.5, 0.6) is 23.0 Å². The minimum atomic E-state index is -0.664. The van der Waals surface area contributed by atoms with Crippen molar-refractivity contribution < 1.29 is 48.1 Å². The fraction of sp³-hybridized carbons (Fsp3) is 0.0364. The molecule has 0 aliphatic carbocycles. The summed E-state index contributed by atoms with van der Waals surface area (Å²) in [5.74, 6) is -0.0314. The molecular weight excluding hydrogens is 877 g/mol. The van der Waals surface area contributed by atoms with Crippen molar-refractivity contribution >= 4 is 65.0 Å². The minimum Gasteiger partial charge on any atom is -0.466 e. The number of hydroxylamine groups is 1. The van der Waals surface area contributed by atoms with Crippen LogP contribution in [-0.4, -0.2) is 49.1 Å². The summed E-state index contributed by atoms with van der Waals surface area (Å²) in [7, 11) is 2.64. The minimum absolute atomic E-state index is 0.314. The number of carbonyl (C=O) groups is 5. The fourth-order valence-corrected chi connectivity index (χ4v) is 5.93. The number of hydrogen-bond donors (Lipinski definition) is 5. The van der Waals surface area contributed by atoms with Crippen molar-refractivity contribution in [2.24, 2.45) is 0 Å². The van der Waals surface area contributed by atoms with Crippen molar-refractivity contribution in [1.82, 2.24) is 5.48 Å². The van der Waals surface area contributed by atoms with Crippen LogP contribution in [0, 0.1) is 0 Å². The second kappa shape index (κ2) is 27.1. The van der Waals surface area contributed by atoms with Crippen molar-refractivity contribution in [1.29, 1.82) is 0 Å². The molecule has 14 heteroatoms. The molecular formula is C55H48N4O10. The maximum atomic E-state index is 12.9. The third-order valence-corrected chi connectivity index (χ3v) is 9.34. The zero-order valence-corrected chi connectivity index (χ0v) is 37.5. The Labute approximate surface area is 398 Å². The van der Waals surface area contributed by atoms with Gasteiger partial charge in [0.2, 0.25) is 0 Å². The van der Waals surface area contributed by atoms with Gasteiger partial charge in [-0.1, -0.05) is 115 Å². The monoisotopic (exact) mass is 924 g/mol. The lowest BCUT2D eigenvalue weighted by molar-refractivity contribution is -0.135. The van der Waals surface area contributed by atoms with Crippen LogP contribution in [-0.2, 0) is 23.9 Å². The van der Waals surface area contributed by atoms with Gasteiger partial charge in [0.05, 0.1) is 25.3 Å². The standard InChI is InChI=1S/C23H19NO4.C22H18N2O4.C10H11NO2/c1-27-22(25)16-15-17-9-5-7-13-20(17)24-23(26)19-12-6-8-14-21(19)28-18-10-3-2-4-11-18;25-21(24-27)15-14-16-8-4-6-12-19(16)23-22(26)18-11-5-7-13-20(18)28-17-9-2-1-3-10-17;1-13-10(12)7-6-8-4-2-3-5-9(8)11/h2-16H,1H3,(H,24,26);1-15,27H,(H,23,26)(H,24,25);2-7H,11H2,1H3/b16-15+;15-14+;7-6+. The molecule has 0 unspecified atom stereocenters. The molecule has 0 radical (unpaired) electrons. The van der Waals surface area contributed by atoms with E-state index in [4.69, 9.17) is 20.4 Å². The number of para-hydroxylation sites is 7. The SMILES string of the molecule is COC(=O)/C=C/c1ccccc1N.COC(=O)/C=C/c1ccccc1NC(=O)c1ccccc1Oc1ccccc1.O=C(/C=C/c1ccccc1NC(=O)c1ccccc1Oc1ccccc1)NO. The van der Waals surface area contributed by atoms with Gasteiger partial charge in [0.1, 0.15) is 23.0 Å². The Balaban J connectivity index is 0.000000206. The van der Waals surface area contributed by atoms with Crippen molar-refractivity contribution in [2.45, 2.75) is 0 Å². The average Bonchev–Trinajstić information content (AvgIpc) is 3.38. The number of nitrogens with two attached hydrogens (primary N) is 1. The Morgan fingerprint density at radius 3 is 1.25 bits per heavy atom. The number of nitrogen functional groups attached to an aromatic ring is 1. The fourth-order valence-electron chi connectivity index (χ4n) is 5.93. The molecule has 0 heterocycles. The van der Waals surface area contributed by atoms with Gasteiger partial charge < -0.3 is 35.3 Å². The molecule has 0 spiro atoms. The molecule has 7 rings (SSSR count). The Hall–Kier alpha value is -9.53. The molecule has 3 amide bonds. The first-order valence-electron chi connectivity index (χ1n) is 21.0. The van der Waals surface area contributed by atoms with Gasteiger partial charge in [0.15, 0.2) is 0 Å². The summed E-state index contributed by atoms with van der Waals surface area (Å²) in [6.45, 7) is 0. The van der Waals surface area contributed by atoms with Gasteiger partial charge in [0.25, 0.3) is 17.7 Å². The van der Waals surface area contributed by atoms with Crippen LogP contribution < -0.4 is 31.3 Å². The van der Waals surface area contributed by atoms with Crippen molar-refractivity contribution in [3.05, 3.63) is 228 Å². The lowest BCUT2D eigenvalue weighted by Crippen LogP contribution is -2.15. The van der Waals surface area contributed by atoms with E-state index in [1.165, 1.54) is 37.9 Å². The Morgan fingerprint density at radius 1 is 0.449 bits per heavy atom. The van der Waals surface area contributed by atoms with Crippen LogP contribution in [0.15, 0.2) is 200 Å². The summed E-state index contributed by atoms with van der Waals surface area (Å²) < 4.78 is 20.7. The largest absolute Gasteiger partial charge is 0.466 e. The van der Waals surface area contributed by atoms with E-state index in [9.17, 15) is 24.0 Å². The maximum absolute atomic E-state index is 12.9. The summed E-state index contributed by atoms with van der Waals surface area (Å²) in [5, 5.41) is 14.3. The lowest BCUT2D eigenvalue weighted by atomic mass is 10.1. The molecule has 6 N–H and O–H groups in total. The van der Waals surface area contributed by atoms with Crippen LogP contribution in [0.4, 0.5) is 17.1 Å². The highest BCUT2D eigenvalue weighted by atomic mass is 16.5. The topological polar surface area (TPSA) is 205 Å². The van der Waals surface area contributed by atoms with Gasteiger partial charge >= 0.3 is 11.9 Å². The molecule has 348 valence electrons. The number of hydrogen-bond acceptors (Lipinski definition) is 11. The normalized spacial score (nSPS) is 10.4. The van der Waals surface area contributed by atoms with Crippen LogP contribution in [0.2, 0.25) is 0 Å². The summed E-state index contributed by atoms with van der Waals surface area (Å²) in [6.07, 6.45) is 8.52. The Kier molecular flexibility index (Phi) is 19.8. The van der Waals surface area contributed by atoms with Crippen LogP contribution >= 0.6 is 0 Å². The Morgan fingerprint density at radius 2 is 0.812 bits per heavy atom. The van der Waals surface area contributed by atoms with Crippen LogP contribution in [0.25, 0.3) is 18.2 Å². The van der Waals surface area contributed by atoms with Crippen LogP contribution in [0.1, 0.15) is 37.4 Å². The molecule has 7 aromatic rings. The molecule has 0 saturated heterocycles. The van der Waals surface area contributed by atoms with E-state index in [-0.39, 0.29) is 17.8 Å². The van der Waals surface area contributed by atoms with Gasteiger partial charge in [-0.2, -0.15) is 0 Å². The number of anilines is 3. The third-order valence-electron chi connectivity index (χ3n) is 9.34. The summed E-state index contributed by atoms with van der Waals surface area (Å²) in [4.78, 5) is 59.0. The van der Waals surface area contributed by atoms with E-state index in [0.29, 0.717) is 62.3 Å². The molecule has 0 saturated carbocycles. The van der Waals surface area contributed by atoms with E-state index in [1.807, 2.05) is 78.9 Å². The number of carbonyl (C=O) groups excluding carboxylic acids is 5. The van der Waals surface area contributed by atoms with Gasteiger partial charge in [-0.05, 0) is 102 Å². The Bertz CT molecular complexity index is 2750. The molecule has 0 aromatic heterocycles. The first-order chi connectivity index (χ1) is 33.6. The summed E-state index contributed by atoms with van der Waals surface area (Å²) in [6, 6.07) is 53.9. The molecule has 0 aliphatic heterocycles. The highest BCUT2D eigenvalue weighted by molar-refractivity contribution is 6.08. The highest BCUT2D eigenvalue weighted by Gasteiger charge is 2.16. The molecule has 7 aromatic carbocycles. The lowest BCUT2D eigenvalue weighted by Gasteiger charge is -2.12. The zero-order chi connectivity index (χ0) is 49.2. The number of rotatable bonds is 14. The number of amides is 3. The summed E-state index contributed by atoms with van der Waals surface area (Å²) in [5.41, 5.74) is 11.8. The van der Waals surface area contributed by atoms with Gasteiger partial charge in [-0.15, -0.1) is 0 Å². The highest BCUT2D eigenvalue weighted by Crippen LogP contribution is 2.28. The number of ether oxygens (including phenoxy) is 4. The van der Waals surface area contributed by atoms with Gasteiger partial charge in [0, 0.05) is 35.3 Å². The van der Waals surface area contributed by atoms with Crippen molar-refractivity contribution in [3.8, 4) is 23.0 Å². The quantitative estimate of drug-likeness (QED) is 0.0228. The predicted octanol–water partition coefficient (Wildman–Crippen LogP) is 10.6. The maximum Gasteiger partial charge on any atom is 0.330 e. The number of methoxy groups -OCH3 is 2. The molecule has 69 heavy (non-hydrogen) atoms. The van der Waals surface area contributed by atoms with E-state index in [1.54, 1.807) is 115 Å². The second-order valence-electron chi connectivity index (χ2n) is 14.1. The third kappa shape index (κ3) is 16.4. The number of esters is 2. The zero-order valence-electron chi connectivity index (χ0n) is 37.5. The number of benzene rings is 7. The smallest absolute Gasteiger partial charge is 0.330 e. The second-order valence-corrected chi connectivity index (χ2v) is 14.1. The van der Waals surface area contributed by atoms with E-state index in [0.717, 1.165) is 11.6 Å². The van der Waals surface area contributed by atoms with Crippen molar-refractivity contribution in [3.63, 3.8) is 0 Å². The first-order valence-corrected chi connectivity index (χ1v) is 21.0. The molecule has 0 atom stereocenters. The van der Waals surface area contributed by atoms with E-state index < -0.39 is 11.9 Å². The van der Waals surface area contributed by atoms with Crippen molar-refractivity contribution in [2.75, 3.05) is 30.6 Å². The summed E-state index contributed by atoms with van der Waals surface area (Å²) >= 11 is 0. The van der Waals surface area contributed by atoms with Crippen LogP contribution in [0.3, 0.4) is 0 Å². The molecule has 14 nitrogen and oxygen atoms in total. The molecule has 0 aliphatic rings. The van der Waals surface area contributed by atoms with Gasteiger partial charge in [-0.3, -0.25) is 19.6 Å². The molecule has 0 bridgehead atoms. The predicted molar refractivity (Wildman–Crippen MR) is 267 cm³/mol. The van der Waals surface area contributed by atoms with E-state index in [2.05, 4.69) is 20.1 Å². The first kappa shape index (κ1) is 50.5. The number of nitrogens with one attached hydrogen (secondary N) is 3.